The van der Waals surface area contributed by atoms with Crippen LogP contribution in [0.3, 0.4) is 0 Å². The molecule has 0 atom stereocenters. The van der Waals surface area contributed by atoms with Crippen molar-refractivity contribution in [2.75, 3.05) is 64.0 Å². The first kappa shape index (κ1) is 27.4. The number of benzene rings is 2. The number of carbonyl (C=O) groups excluding carboxylic acids is 1. The molecule has 12 nitrogen and oxygen atoms in total. The number of carbonyl (C=O) groups is 1. The molecule has 1 aromatic heterocycles. The highest BCUT2D eigenvalue weighted by Gasteiger charge is 2.45. The Bertz CT molecular complexity index is 1300. The second-order valence-corrected chi connectivity index (χ2v) is 9.18. The van der Waals surface area contributed by atoms with Crippen LogP contribution < -0.4 is 24.8 Å². The van der Waals surface area contributed by atoms with Crippen LogP contribution in [0, 0.1) is 0 Å². The lowest BCUT2D eigenvalue weighted by Gasteiger charge is -2.19. The van der Waals surface area contributed by atoms with E-state index in [1.807, 2.05) is 31.2 Å². The Balaban J connectivity index is 1.44. The van der Waals surface area contributed by atoms with Crippen LogP contribution in [0.2, 0.25) is 0 Å². The van der Waals surface area contributed by atoms with E-state index < -0.39 is 5.97 Å². The number of methoxy groups -OCH3 is 1. The lowest BCUT2D eigenvalue weighted by atomic mass is 10.1. The molecule has 1 fully saturated rings. The highest BCUT2D eigenvalue weighted by Crippen LogP contribution is 2.48. The molecule has 2 N–H and O–H groups in total. The summed E-state index contributed by atoms with van der Waals surface area (Å²) < 4.78 is 33.4. The minimum absolute atomic E-state index is 0.189. The molecule has 1 saturated carbocycles. The van der Waals surface area contributed by atoms with Gasteiger partial charge >= 0.3 is 12.0 Å². The zero-order chi connectivity index (χ0) is 27.8. The summed E-state index contributed by atoms with van der Waals surface area (Å²) >= 11 is 0. The highest BCUT2D eigenvalue weighted by atomic mass is 16.6. The fourth-order valence-electron chi connectivity index (χ4n) is 4.24. The van der Waals surface area contributed by atoms with Crippen molar-refractivity contribution >= 4 is 23.6 Å². The van der Waals surface area contributed by atoms with Gasteiger partial charge in [-0.15, -0.1) is 0 Å². The van der Waals surface area contributed by atoms with E-state index in [0.717, 1.165) is 24.2 Å². The summed E-state index contributed by atoms with van der Waals surface area (Å²) in [5, 5.41) is 6.66. The van der Waals surface area contributed by atoms with Gasteiger partial charge in [-0.25, -0.2) is 4.79 Å². The first-order valence-corrected chi connectivity index (χ1v) is 13.3. The molecule has 2 aromatic carbocycles. The number of fused-ring (bicyclic) bond motifs is 11. The van der Waals surface area contributed by atoms with Crippen LogP contribution in [0.5, 0.6) is 17.5 Å². The van der Waals surface area contributed by atoms with Crippen molar-refractivity contribution in [2.45, 2.75) is 25.3 Å². The number of nitrogens with one attached hydrogen (secondary N) is 2. The zero-order valence-electron chi connectivity index (χ0n) is 22.6. The highest BCUT2D eigenvalue weighted by molar-refractivity contribution is 5.93. The molecule has 2 aliphatic heterocycles. The smallest absolute Gasteiger partial charge is 0.341 e. The molecule has 6 rings (SSSR count). The second-order valence-electron chi connectivity index (χ2n) is 9.18. The van der Waals surface area contributed by atoms with E-state index in [1.54, 1.807) is 18.2 Å². The van der Waals surface area contributed by atoms with Gasteiger partial charge in [0.2, 0.25) is 11.9 Å². The van der Waals surface area contributed by atoms with Crippen LogP contribution in [0.4, 0.5) is 17.6 Å². The molecule has 0 amide bonds. The fraction of sp³-hybridized carbons (Fsp3) is 0.429. The fourth-order valence-corrected chi connectivity index (χ4v) is 4.24. The van der Waals surface area contributed by atoms with Gasteiger partial charge in [-0.05, 0) is 49.6 Å². The molecule has 0 unspecified atom stereocenters. The van der Waals surface area contributed by atoms with Gasteiger partial charge in [0.05, 0.1) is 45.7 Å². The van der Waals surface area contributed by atoms with Crippen molar-refractivity contribution in [1.82, 2.24) is 15.0 Å². The van der Waals surface area contributed by atoms with Gasteiger partial charge < -0.3 is 39.1 Å². The Morgan fingerprint density at radius 1 is 0.900 bits per heavy atom. The first-order chi connectivity index (χ1) is 19.6. The number of hydrogen-bond acceptors (Lipinski definition) is 12. The Kier molecular flexibility index (Phi) is 8.77. The van der Waals surface area contributed by atoms with E-state index in [-0.39, 0.29) is 29.7 Å². The third-order valence-corrected chi connectivity index (χ3v) is 6.39. The number of anilines is 3. The van der Waals surface area contributed by atoms with E-state index in [2.05, 4.69) is 25.6 Å². The van der Waals surface area contributed by atoms with Crippen molar-refractivity contribution in [3.8, 4) is 17.5 Å². The minimum atomic E-state index is -0.511. The first-order valence-electron chi connectivity index (χ1n) is 13.3. The van der Waals surface area contributed by atoms with Crippen molar-refractivity contribution in [1.29, 1.82) is 0 Å². The maximum atomic E-state index is 12.3. The topological polar surface area (TPSA) is 135 Å². The van der Waals surface area contributed by atoms with E-state index in [0.29, 0.717) is 57.0 Å². The molecule has 0 radical (unpaired) electrons. The molecule has 3 heterocycles. The number of rotatable bonds is 3. The third kappa shape index (κ3) is 6.88. The van der Waals surface area contributed by atoms with Crippen LogP contribution in [-0.4, -0.2) is 74.3 Å². The van der Waals surface area contributed by atoms with E-state index in [9.17, 15) is 4.79 Å². The zero-order valence-corrected chi connectivity index (χ0v) is 22.6. The van der Waals surface area contributed by atoms with E-state index >= 15 is 0 Å². The Labute approximate surface area is 232 Å². The monoisotopic (exact) mass is 551 g/mol. The molecule has 1 spiro atoms. The third-order valence-electron chi connectivity index (χ3n) is 6.39. The summed E-state index contributed by atoms with van der Waals surface area (Å²) in [5.41, 5.74) is 1.71. The molecule has 40 heavy (non-hydrogen) atoms. The van der Waals surface area contributed by atoms with Crippen LogP contribution in [-0.2, 0) is 19.7 Å². The van der Waals surface area contributed by atoms with Gasteiger partial charge in [-0.1, -0.05) is 12.1 Å². The number of esters is 1. The SMILES string of the molecule is CCOc1nc2nc(n1)NC1(CC1)c1ccc(cc1)OCCOCCOCCOc1cc(ccc1C(=O)OC)N2. The predicted molar refractivity (Wildman–Crippen MR) is 146 cm³/mol. The summed E-state index contributed by atoms with van der Waals surface area (Å²) in [4.78, 5) is 25.8. The van der Waals surface area contributed by atoms with Gasteiger partial charge in [0.15, 0.2) is 0 Å². The van der Waals surface area contributed by atoms with Crippen LogP contribution in [0.25, 0.3) is 0 Å². The quantitative estimate of drug-likeness (QED) is 0.363. The predicted octanol–water partition coefficient (Wildman–Crippen LogP) is 3.71. The minimum Gasteiger partial charge on any atom is -0.491 e. The summed E-state index contributed by atoms with van der Waals surface area (Å²) in [5.74, 6) is 1.26. The largest absolute Gasteiger partial charge is 0.491 e. The van der Waals surface area contributed by atoms with Gasteiger partial charge in [0.1, 0.15) is 30.3 Å². The molecule has 212 valence electrons. The molecule has 0 saturated heterocycles. The molecule has 12 heteroatoms. The Morgan fingerprint density at radius 3 is 2.30 bits per heavy atom. The van der Waals surface area contributed by atoms with Crippen molar-refractivity contribution in [3.05, 3.63) is 53.6 Å². The summed E-state index contributed by atoms with van der Waals surface area (Å²) in [7, 11) is 1.32. The number of hydrogen-bond donors (Lipinski definition) is 2. The molecular formula is C28H33N5O7. The molecule has 3 aromatic rings. The standard InChI is InChI=1S/C28H33N5O7/c1-3-38-27-31-25-29-20-6-9-22(24(34)35-2)23(18-20)40-17-15-37-13-12-36-14-16-39-21-7-4-19(5-8-21)28(10-11-28)33-26(30-25)32-27/h4-9,18H,3,10-17H2,1-2H3,(H2,29,30,31,32,33). The Morgan fingerprint density at radius 2 is 1.60 bits per heavy atom. The van der Waals surface area contributed by atoms with Crippen LogP contribution >= 0.6 is 0 Å². The average Bonchev–Trinajstić information content (AvgIpc) is 3.74. The number of aromatic nitrogens is 3. The lowest BCUT2D eigenvalue weighted by molar-refractivity contribution is 0.0271. The summed E-state index contributed by atoms with van der Waals surface area (Å²) in [6, 6.07) is 13.2. The average molecular weight is 552 g/mol. The maximum absolute atomic E-state index is 12.3. The van der Waals surface area contributed by atoms with E-state index in [4.69, 9.17) is 28.4 Å². The van der Waals surface area contributed by atoms with Crippen molar-refractivity contribution < 1.29 is 33.2 Å². The van der Waals surface area contributed by atoms with Gasteiger partial charge in [0, 0.05) is 11.8 Å². The lowest BCUT2D eigenvalue weighted by Crippen LogP contribution is -2.21. The van der Waals surface area contributed by atoms with Gasteiger partial charge in [-0.2, -0.15) is 15.0 Å². The molecular weight excluding hydrogens is 518 g/mol. The van der Waals surface area contributed by atoms with Crippen LogP contribution in [0.1, 0.15) is 35.7 Å². The Hall–Kier alpha value is -4.16. The van der Waals surface area contributed by atoms with Crippen molar-refractivity contribution in [3.63, 3.8) is 0 Å². The van der Waals surface area contributed by atoms with Crippen LogP contribution in [0.15, 0.2) is 42.5 Å². The van der Waals surface area contributed by atoms with Gasteiger partial charge in [0.25, 0.3) is 0 Å². The van der Waals surface area contributed by atoms with Crippen molar-refractivity contribution in [2.24, 2.45) is 0 Å². The maximum Gasteiger partial charge on any atom is 0.341 e. The molecule has 3 aliphatic rings. The van der Waals surface area contributed by atoms with Gasteiger partial charge in [-0.3, -0.25) is 0 Å². The second kappa shape index (κ2) is 12.8. The number of nitrogens with zero attached hydrogens (tertiary/aromatic N) is 3. The van der Waals surface area contributed by atoms with E-state index in [1.165, 1.54) is 7.11 Å². The molecule has 1 aliphatic carbocycles. The summed E-state index contributed by atoms with van der Waals surface area (Å²) in [6.07, 6.45) is 1.86. The summed E-state index contributed by atoms with van der Waals surface area (Å²) in [6.45, 7) is 4.51. The number of ether oxygens (including phenoxy) is 6. The molecule has 6 bridgehead atoms. The normalized spacial score (nSPS) is 16.9.